The minimum atomic E-state index is -0.206. The maximum absolute atomic E-state index is 12.1. The summed E-state index contributed by atoms with van der Waals surface area (Å²) >= 11 is 1.56. The Balaban J connectivity index is 1.28. The fourth-order valence-electron chi connectivity index (χ4n) is 2.47. The quantitative estimate of drug-likeness (QED) is 0.529. The molecule has 3 aromatic heterocycles. The first-order valence-corrected chi connectivity index (χ1v) is 9.29. The number of anilines is 1. The Bertz CT molecular complexity index is 1010. The van der Waals surface area contributed by atoms with E-state index in [-0.39, 0.29) is 18.3 Å². The van der Waals surface area contributed by atoms with Crippen molar-refractivity contribution in [1.29, 1.82) is 0 Å². The van der Waals surface area contributed by atoms with E-state index in [9.17, 15) is 4.79 Å². The second kappa shape index (κ2) is 7.92. The van der Waals surface area contributed by atoms with Crippen molar-refractivity contribution in [2.24, 2.45) is 0 Å². The lowest BCUT2D eigenvalue weighted by Gasteiger charge is -2.00. The normalized spacial score (nSPS) is 10.8. The summed E-state index contributed by atoms with van der Waals surface area (Å²) in [5.41, 5.74) is 2.02. The summed E-state index contributed by atoms with van der Waals surface area (Å²) in [5.74, 6) is 1.03. The average Bonchev–Trinajstić information content (AvgIpc) is 3.43. The van der Waals surface area contributed by atoms with Gasteiger partial charge in [-0.25, -0.2) is 9.67 Å². The zero-order chi connectivity index (χ0) is 18.5. The van der Waals surface area contributed by atoms with Crippen LogP contribution in [0.25, 0.3) is 11.4 Å². The van der Waals surface area contributed by atoms with Gasteiger partial charge in [-0.15, -0.1) is 5.10 Å². The van der Waals surface area contributed by atoms with Crippen LogP contribution in [0.5, 0.6) is 0 Å². The summed E-state index contributed by atoms with van der Waals surface area (Å²) in [5, 5.41) is 14.8. The van der Waals surface area contributed by atoms with Crippen molar-refractivity contribution >= 4 is 23.2 Å². The van der Waals surface area contributed by atoms with Crippen molar-refractivity contribution in [2.45, 2.75) is 19.4 Å². The number of nitrogens with one attached hydrogen (secondary N) is 1. The van der Waals surface area contributed by atoms with Gasteiger partial charge in [-0.1, -0.05) is 35.5 Å². The molecule has 136 valence electrons. The molecule has 1 N–H and O–H groups in total. The largest absolute Gasteiger partial charge is 0.339 e. The van der Waals surface area contributed by atoms with Gasteiger partial charge in [0.15, 0.2) is 0 Å². The van der Waals surface area contributed by atoms with Crippen LogP contribution in [0, 0.1) is 0 Å². The monoisotopic (exact) mass is 380 g/mol. The summed E-state index contributed by atoms with van der Waals surface area (Å²) in [4.78, 5) is 20.5. The zero-order valence-corrected chi connectivity index (χ0v) is 15.1. The van der Waals surface area contributed by atoms with Gasteiger partial charge in [0.25, 0.3) is 0 Å². The lowest BCUT2D eigenvalue weighted by molar-refractivity contribution is -0.116. The lowest BCUT2D eigenvalue weighted by Crippen LogP contribution is -2.14. The molecule has 1 amide bonds. The molecule has 0 saturated heterocycles. The average molecular weight is 380 g/mol. The number of nitrogens with zero attached hydrogens (tertiary/aromatic N) is 5. The highest BCUT2D eigenvalue weighted by Crippen LogP contribution is 2.19. The summed E-state index contributed by atoms with van der Waals surface area (Å²) in [6.45, 7) is 0.594. The first-order chi connectivity index (χ1) is 13.3. The van der Waals surface area contributed by atoms with Gasteiger partial charge in [0, 0.05) is 23.8 Å². The molecule has 4 aromatic rings. The first kappa shape index (κ1) is 17.1. The van der Waals surface area contributed by atoms with E-state index in [0.717, 1.165) is 11.1 Å². The lowest BCUT2D eigenvalue weighted by atomic mass is 10.2. The second-order valence-corrected chi connectivity index (χ2v) is 6.60. The molecule has 0 atom stereocenters. The highest BCUT2D eigenvalue weighted by Gasteiger charge is 2.12. The molecule has 0 bridgehead atoms. The predicted molar refractivity (Wildman–Crippen MR) is 100 cm³/mol. The molecular formula is C18H16N6O2S. The summed E-state index contributed by atoms with van der Waals surface area (Å²) in [7, 11) is 0. The number of carbonyl (C=O) groups is 1. The third-order valence-electron chi connectivity index (χ3n) is 3.79. The predicted octanol–water partition coefficient (Wildman–Crippen LogP) is 3.01. The molecule has 0 unspecified atom stereocenters. The van der Waals surface area contributed by atoms with Crippen LogP contribution in [0.1, 0.15) is 17.9 Å². The Hall–Kier alpha value is -3.33. The van der Waals surface area contributed by atoms with Gasteiger partial charge in [-0.2, -0.15) is 16.3 Å². The van der Waals surface area contributed by atoms with Crippen LogP contribution in [0.3, 0.4) is 0 Å². The van der Waals surface area contributed by atoms with Gasteiger partial charge in [0.1, 0.15) is 6.33 Å². The van der Waals surface area contributed by atoms with E-state index < -0.39 is 0 Å². The summed E-state index contributed by atoms with van der Waals surface area (Å²) < 4.78 is 6.86. The standard InChI is InChI=1S/C18H16N6O2S/c25-15(6-7-16-21-17(23-26-16)14-8-9-27-11-14)20-18-19-12-24(22-18)10-13-4-2-1-3-5-13/h1-5,8-9,11-12H,6-7,10H2,(H,20,22,25). The molecule has 0 aliphatic heterocycles. The van der Waals surface area contributed by atoms with Crippen molar-refractivity contribution in [1.82, 2.24) is 24.9 Å². The maximum Gasteiger partial charge on any atom is 0.248 e. The van der Waals surface area contributed by atoms with Gasteiger partial charge in [-0.05, 0) is 17.0 Å². The number of thiophene rings is 1. The van der Waals surface area contributed by atoms with Gasteiger partial charge >= 0.3 is 0 Å². The van der Waals surface area contributed by atoms with Crippen LogP contribution < -0.4 is 5.32 Å². The molecule has 3 heterocycles. The van der Waals surface area contributed by atoms with Crippen LogP contribution in [0.4, 0.5) is 5.95 Å². The number of rotatable bonds is 7. The molecule has 1 aromatic carbocycles. The topological polar surface area (TPSA) is 98.7 Å². The van der Waals surface area contributed by atoms with Crippen LogP contribution in [0.15, 0.2) is 58.0 Å². The molecule has 27 heavy (non-hydrogen) atoms. The third kappa shape index (κ3) is 4.45. The van der Waals surface area contributed by atoms with Crippen LogP contribution in [-0.4, -0.2) is 30.8 Å². The fraction of sp³-hybridized carbons (Fsp3) is 0.167. The van der Waals surface area contributed by atoms with E-state index in [4.69, 9.17) is 4.52 Å². The smallest absolute Gasteiger partial charge is 0.248 e. The molecule has 4 rings (SSSR count). The van der Waals surface area contributed by atoms with E-state index in [1.807, 2.05) is 47.2 Å². The van der Waals surface area contributed by atoms with E-state index in [0.29, 0.717) is 24.7 Å². The molecule has 0 aliphatic carbocycles. The van der Waals surface area contributed by atoms with Crippen molar-refractivity contribution in [3.05, 3.63) is 64.9 Å². The number of hydrogen-bond acceptors (Lipinski definition) is 7. The number of aromatic nitrogens is 5. The molecule has 0 spiro atoms. The van der Waals surface area contributed by atoms with E-state index >= 15 is 0 Å². The fourth-order valence-corrected chi connectivity index (χ4v) is 3.11. The van der Waals surface area contributed by atoms with Crippen molar-refractivity contribution < 1.29 is 9.32 Å². The van der Waals surface area contributed by atoms with Crippen molar-refractivity contribution in [3.8, 4) is 11.4 Å². The number of carbonyl (C=O) groups excluding carboxylic acids is 1. The molecule has 9 heteroatoms. The molecule has 0 aliphatic rings. The van der Waals surface area contributed by atoms with E-state index in [2.05, 4.69) is 25.5 Å². The molecule has 0 fully saturated rings. The maximum atomic E-state index is 12.1. The van der Waals surface area contributed by atoms with Gasteiger partial charge < -0.3 is 4.52 Å². The minimum absolute atomic E-state index is 0.206. The van der Waals surface area contributed by atoms with Crippen LogP contribution in [0.2, 0.25) is 0 Å². The Morgan fingerprint density at radius 3 is 2.93 bits per heavy atom. The number of aryl methyl sites for hydroxylation is 1. The number of benzene rings is 1. The third-order valence-corrected chi connectivity index (χ3v) is 4.47. The number of hydrogen-bond donors (Lipinski definition) is 1. The van der Waals surface area contributed by atoms with Crippen molar-refractivity contribution in [3.63, 3.8) is 0 Å². The first-order valence-electron chi connectivity index (χ1n) is 8.34. The number of amides is 1. The second-order valence-electron chi connectivity index (χ2n) is 5.82. The van der Waals surface area contributed by atoms with Crippen LogP contribution in [-0.2, 0) is 17.8 Å². The Kier molecular flexibility index (Phi) is 5.01. The van der Waals surface area contributed by atoms with E-state index in [1.165, 1.54) is 0 Å². The molecule has 0 saturated carbocycles. The van der Waals surface area contributed by atoms with E-state index in [1.54, 1.807) is 22.3 Å². The van der Waals surface area contributed by atoms with Gasteiger partial charge in [-0.3, -0.25) is 10.1 Å². The Labute approximate surface area is 158 Å². The van der Waals surface area contributed by atoms with Crippen molar-refractivity contribution in [2.75, 3.05) is 5.32 Å². The molecule has 8 nitrogen and oxygen atoms in total. The highest BCUT2D eigenvalue weighted by atomic mass is 32.1. The highest BCUT2D eigenvalue weighted by molar-refractivity contribution is 7.08. The molecular weight excluding hydrogens is 364 g/mol. The van der Waals surface area contributed by atoms with Gasteiger partial charge in [0.05, 0.1) is 6.54 Å². The Morgan fingerprint density at radius 2 is 2.11 bits per heavy atom. The van der Waals surface area contributed by atoms with Gasteiger partial charge in [0.2, 0.25) is 23.6 Å². The Morgan fingerprint density at radius 1 is 1.22 bits per heavy atom. The summed E-state index contributed by atoms with van der Waals surface area (Å²) in [6, 6.07) is 11.8. The minimum Gasteiger partial charge on any atom is -0.339 e. The molecule has 0 radical (unpaired) electrons. The SMILES string of the molecule is O=C(CCc1nc(-c2ccsc2)no1)Nc1ncn(Cc2ccccc2)n1. The van der Waals surface area contributed by atoms with Crippen LogP contribution >= 0.6 is 11.3 Å². The zero-order valence-electron chi connectivity index (χ0n) is 14.3. The summed E-state index contributed by atoms with van der Waals surface area (Å²) in [6.07, 6.45) is 2.15.